The smallest absolute Gasteiger partial charge is 0.243 e. The van der Waals surface area contributed by atoms with Crippen LogP contribution in [0.25, 0.3) is 11.4 Å². The van der Waals surface area contributed by atoms with E-state index >= 15 is 0 Å². The van der Waals surface area contributed by atoms with Crippen LogP contribution in [0.4, 0.5) is 0 Å². The molecule has 19 heavy (non-hydrogen) atoms. The van der Waals surface area contributed by atoms with Crippen molar-refractivity contribution in [3.63, 3.8) is 0 Å². The van der Waals surface area contributed by atoms with E-state index in [1.165, 1.54) is 4.80 Å². The molecular formula is C12H17N5OS. The van der Waals surface area contributed by atoms with Crippen LogP contribution < -0.4 is 5.32 Å². The van der Waals surface area contributed by atoms with Gasteiger partial charge in [-0.15, -0.1) is 10.2 Å². The number of nitrogens with zero attached hydrogens (tertiary/aromatic N) is 4. The number of carbonyl (C=O) groups excluding carboxylic acids is 1. The zero-order chi connectivity index (χ0) is 13.7. The molecule has 2 rings (SSSR count). The van der Waals surface area contributed by atoms with Crippen molar-refractivity contribution >= 4 is 17.2 Å². The summed E-state index contributed by atoms with van der Waals surface area (Å²) in [5.41, 5.74) is 0.927. The number of thiophene rings is 1. The van der Waals surface area contributed by atoms with E-state index in [9.17, 15) is 4.79 Å². The molecule has 6 nitrogen and oxygen atoms in total. The molecule has 0 aliphatic heterocycles. The maximum Gasteiger partial charge on any atom is 0.243 e. The molecule has 0 atom stereocenters. The van der Waals surface area contributed by atoms with Gasteiger partial charge in [0.05, 0.1) is 0 Å². The van der Waals surface area contributed by atoms with Crippen molar-refractivity contribution in [2.75, 3.05) is 0 Å². The SMILES string of the molecule is CCC(CC)NC(=O)Cn1nnc(-c2ccsc2)n1. The molecule has 0 unspecified atom stereocenters. The first kappa shape index (κ1) is 13.7. The summed E-state index contributed by atoms with van der Waals surface area (Å²) in [5, 5.41) is 18.9. The molecule has 0 saturated heterocycles. The van der Waals surface area contributed by atoms with Crippen molar-refractivity contribution < 1.29 is 4.79 Å². The van der Waals surface area contributed by atoms with Crippen LogP contribution in [0.15, 0.2) is 16.8 Å². The van der Waals surface area contributed by atoms with Crippen LogP contribution in [0.1, 0.15) is 26.7 Å². The molecule has 0 radical (unpaired) electrons. The molecule has 0 fully saturated rings. The zero-order valence-electron chi connectivity index (χ0n) is 11.0. The van der Waals surface area contributed by atoms with Crippen molar-refractivity contribution in [2.24, 2.45) is 0 Å². The van der Waals surface area contributed by atoms with Gasteiger partial charge < -0.3 is 5.32 Å². The number of aromatic nitrogens is 4. The van der Waals surface area contributed by atoms with Crippen LogP contribution in [-0.4, -0.2) is 32.2 Å². The van der Waals surface area contributed by atoms with E-state index in [1.54, 1.807) is 11.3 Å². The Kier molecular flexibility index (Phi) is 4.62. The number of amides is 1. The molecule has 2 aromatic heterocycles. The average molecular weight is 279 g/mol. The Hall–Kier alpha value is -1.76. The summed E-state index contributed by atoms with van der Waals surface area (Å²) < 4.78 is 0. The molecule has 0 saturated carbocycles. The van der Waals surface area contributed by atoms with Crippen LogP contribution in [0.5, 0.6) is 0 Å². The second-order valence-electron chi connectivity index (χ2n) is 4.24. The van der Waals surface area contributed by atoms with Gasteiger partial charge in [-0.2, -0.15) is 16.1 Å². The number of carbonyl (C=O) groups is 1. The molecule has 0 bridgehead atoms. The average Bonchev–Trinajstić information content (AvgIpc) is 3.06. The molecule has 0 spiro atoms. The quantitative estimate of drug-likeness (QED) is 0.873. The lowest BCUT2D eigenvalue weighted by Crippen LogP contribution is -2.36. The summed E-state index contributed by atoms with van der Waals surface area (Å²) in [6, 6.07) is 2.14. The molecule has 2 heterocycles. The third kappa shape index (κ3) is 3.60. The Bertz CT molecular complexity index is 518. The molecule has 2 aromatic rings. The first-order valence-corrected chi connectivity index (χ1v) is 7.27. The first-order valence-electron chi connectivity index (χ1n) is 6.32. The fourth-order valence-corrected chi connectivity index (χ4v) is 2.35. The van der Waals surface area contributed by atoms with E-state index in [-0.39, 0.29) is 18.5 Å². The molecule has 0 aliphatic rings. The van der Waals surface area contributed by atoms with Crippen LogP contribution >= 0.6 is 11.3 Å². The Morgan fingerprint density at radius 1 is 1.47 bits per heavy atom. The maximum absolute atomic E-state index is 11.8. The fourth-order valence-electron chi connectivity index (χ4n) is 1.71. The standard InChI is InChI=1S/C12H17N5OS/c1-3-10(4-2)13-11(18)7-17-15-12(14-16-17)9-5-6-19-8-9/h5-6,8,10H,3-4,7H2,1-2H3,(H,13,18). The van der Waals surface area contributed by atoms with E-state index in [4.69, 9.17) is 0 Å². The minimum Gasteiger partial charge on any atom is -0.352 e. The van der Waals surface area contributed by atoms with Gasteiger partial charge in [-0.05, 0) is 29.5 Å². The lowest BCUT2D eigenvalue weighted by molar-refractivity contribution is -0.122. The number of tetrazole rings is 1. The Balaban J connectivity index is 1.95. The topological polar surface area (TPSA) is 72.7 Å². The molecule has 1 amide bonds. The highest BCUT2D eigenvalue weighted by Gasteiger charge is 2.12. The van der Waals surface area contributed by atoms with Crippen LogP contribution in [0.3, 0.4) is 0 Å². The predicted molar refractivity (Wildman–Crippen MR) is 73.6 cm³/mol. The van der Waals surface area contributed by atoms with Gasteiger partial charge in [0.15, 0.2) is 0 Å². The third-order valence-corrected chi connectivity index (χ3v) is 3.55. The van der Waals surface area contributed by atoms with Crippen LogP contribution in [0, 0.1) is 0 Å². The molecule has 0 aromatic carbocycles. The Labute approximate surface area is 115 Å². The van der Waals surface area contributed by atoms with E-state index in [0.29, 0.717) is 5.82 Å². The largest absolute Gasteiger partial charge is 0.352 e. The second-order valence-corrected chi connectivity index (χ2v) is 5.02. The highest BCUT2D eigenvalue weighted by molar-refractivity contribution is 7.08. The number of rotatable bonds is 6. The highest BCUT2D eigenvalue weighted by atomic mass is 32.1. The van der Waals surface area contributed by atoms with Crippen molar-refractivity contribution in [3.05, 3.63) is 16.8 Å². The maximum atomic E-state index is 11.8. The number of hydrogen-bond donors (Lipinski definition) is 1. The lowest BCUT2D eigenvalue weighted by atomic mass is 10.2. The van der Waals surface area contributed by atoms with Crippen LogP contribution in [-0.2, 0) is 11.3 Å². The molecule has 0 aliphatic carbocycles. The van der Waals surface area contributed by atoms with E-state index in [0.717, 1.165) is 18.4 Å². The summed E-state index contributed by atoms with van der Waals surface area (Å²) in [5.74, 6) is 0.472. The minimum atomic E-state index is -0.0806. The minimum absolute atomic E-state index is 0.0806. The molecule has 1 N–H and O–H groups in total. The second kappa shape index (κ2) is 6.42. The fraction of sp³-hybridized carbons (Fsp3) is 0.500. The normalized spacial score (nSPS) is 10.9. The predicted octanol–water partition coefficient (Wildman–Crippen LogP) is 1.71. The molecule has 102 valence electrons. The van der Waals surface area contributed by atoms with Gasteiger partial charge in [-0.3, -0.25) is 4.79 Å². The van der Waals surface area contributed by atoms with Crippen LogP contribution in [0.2, 0.25) is 0 Å². The van der Waals surface area contributed by atoms with E-state index < -0.39 is 0 Å². The van der Waals surface area contributed by atoms with Gasteiger partial charge in [-0.25, -0.2) is 0 Å². The monoisotopic (exact) mass is 279 g/mol. The van der Waals surface area contributed by atoms with Gasteiger partial charge in [0, 0.05) is 17.0 Å². The molecule has 7 heteroatoms. The Morgan fingerprint density at radius 3 is 2.89 bits per heavy atom. The van der Waals surface area contributed by atoms with E-state index in [1.807, 2.05) is 16.8 Å². The number of nitrogens with one attached hydrogen (secondary N) is 1. The summed E-state index contributed by atoms with van der Waals surface area (Å²) >= 11 is 1.58. The lowest BCUT2D eigenvalue weighted by Gasteiger charge is -2.13. The zero-order valence-corrected chi connectivity index (χ0v) is 11.9. The van der Waals surface area contributed by atoms with Crippen molar-refractivity contribution in [1.29, 1.82) is 0 Å². The van der Waals surface area contributed by atoms with Gasteiger partial charge >= 0.3 is 0 Å². The number of hydrogen-bond acceptors (Lipinski definition) is 5. The van der Waals surface area contributed by atoms with Crippen molar-refractivity contribution in [2.45, 2.75) is 39.3 Å². The molecular weight excluding hydrogens is 262 g/mol. The highest BCUT2D eigenvalue weighted by Crippen LogP contribution is 2.16. The van der Waals surface area contributed by atoms with Gasteiger partial charge in [0.1, 0.15) is 6.54 Å². The van der Waals surface area contributed by atoms with E-state index in [2.05, 4.69) is 34.6 Å². The van der Waals surface area contributed by atoms with Gasteiger partial charge in [0.2, 0.25) is 11.7 Å². The summed E-state index contributed by atoms with van der Waals surface area (Å²) in [6.07, 6.45) is 1.85. The van der Waals surface area contributed by atoms with Crippen molar-refractivity contribution in [3.8, 4) is 11.4 Å². The summed E-state index contributed by atoms with van der Waals surface area (Å²) in [7, 11) is 0. The summed E-state index contributed by atoms with van der Waals surface area (Å²) in [4.78, 5) is 13.1. The Morgan fingerprint density at radius 2 is 2.26 bits per heavy atom. The third-order valence-electron chi connectivity index (χ3n) is 2.87. The van der Waals surface area contributed by atoms with Gasteiger partial charge in [0.25, 0.3) is 0 Å². The van der Waals surface area contributed by atoms with Gasteiger partial charge in [-0.1, -0.05) is 13.8 Å². The first-order chi connectivity index (χ1) is 9.22. The van der Waals surface area contributed by atoms with Crippen molar-refractivity contribution in [1.82, 2.24) is 25.5 Å². The summed E-state index contributed by atoms with van der Waals surface area (Å²) in [6.45, 7) is 4.21.